The molecular formula is C12H8F3NO2. The Morgan fingerprint density at radius 3 is 2.33 bits per heavy atom. The minimum absolute atomic E-state index is 0.0749. The smallest absolute Gasteiger partial charge is 0.352 e. The van der Waals surface area contributed by atoms with Gasteiger partial charge in [0.2, 0.25) is 0 Å². The highest BCUT2D eigenvalue weighted by Gasteiger charge is 2.19. The van der Waals surface area contributed by atoms with Gasteiger partial charge in [0.15, 0.2) is 17.5 Å². The number of rotatable bonds is 2. The minimum atomic E-state index is -1.58. The number of nitrogens with zero attached hydrogens (tertiary/aromatic N) is 1. The molecule has 0 spiro atoms. The average molecular weight is 255 g/mol. The van der Waals surface area contributed by atoms with Crippen LogP contribution in [-0.2, 0) is 7.05 Å². The van der Waals surface area contributed by atoms with Crippen LogP contribution in [0, 0.1) is 17.5 Å². The van der Waals surface area contributed by atoms with Crippen molar-refractivity contribution in [3.8, 4) is 11.3 Å². The molecule has 0 aliphatic carbocycles. The number of carboxylic acids is 1. The Morgan fingerprint density at radius 1 is 1.11 bits per heavy atom. The Bertz CT molecular complexity index is 634. The fourth-order valence-electron chi connectivity index (χ4n) is 1.72. The van der Waals surface area contributed by atoms with Crippen LogP contribution in [-0.4, -0.2) is 15.6 Å². The summed E-state index contributed by atoms with van der Waals surface area (Å²) < 4.78 is 40.6. The fourth-order valence-corrected chi connectivity index (χ4v) is 1.72. The molecule has 0 fully saturated rings. The topological polar surface area (TPSA) is 42.2 Å². The van der Waals surface area contributed by atoms with E-state index in [0.717, 1.165) is 12.1 Å². The number of benzene rings is 1. The summed E-state index contributed by atoms with van der Waals surface area (Å²) in [4.78, 5) is 10.8. The van der Waals surface area contributed by atoms with Crippen LogP contribution in [0.3, 0.4) is 0 Å². The van der Waals surface area contributed by atoms with Crippen molar-refractivity contribution in [1.29, 1.82) is 0 Å². The summed E-state index contributed by atoms with van der Waals surface area (Å²) in [5, 5.41) is 8.85. The van der Waals surface area contributed by atoms with Gasteiger partial charge >= 0.3 is 5.97 Å². The van der Waals surface area contributed by atoms with Gasteiger partial charge in [-0.1, -0.05) is 0 Å². The molecule has 0 radical (unpaired) electrons. The van der Waals surface area contributed by atoms with Crippen LogP contribution in [0.25, 0.3) is 11.3 Å². The molecule has 0 atom stereocenters. The average Bonchev–Trinajstić information content (AvgIpc) is 2.69. The van der Waals surface area contributed by atoms with Gasteiger partial charge in [0.1, 0.15) is 5.69 Å². The third-order valence-electron chi connectivity index (χ3n) is 2.65. The predicted molar refractivity (Wildman–Crippen MR) is 57.7 cm³/mol. The zero-order chi connectivity index (χ0) is 13.4. The van der Waals surface area contributed by atoms with Crippen molar-refractivity contribution in [1.82, 2.24) is 4.57 Å². The molecule has 1 N–H and O–H groups in total. The summed E-state index contributed by atoms with van der Waals surface area (Å²) in [5.74, 6) is -5.39. The van der Waals surface area contributed by atoms with E-state index in [9.17, 15) is 18.0 Å². The van der Waals surface area contributed by atoms with Crippen LogP contribution < -0.4 is 0 Å². The van der Waals surface area contributed by atoms with E-state index in [4.69, 9.17) is 5.11 Å². The highest BCUT2D eigenvalue weighted by atomic mass is 19.2. The van der Waals surface area contributed by atoms with Gasteiger partial charge in [-0.3, -0.25) is 0 Å². The molecule has 1 heterocycles. The zero-order valence-corrected chi connectivity index (χ0v) is 9.25. The first-order valence-corrected chi connectivity index (χ1v) is 4.96. The van der Waals surface area contributed by atoms with Crippen molar-refractivity contribution in [3.63, 3.8) is 0 Å². The summed E-state index contributed by atoms with van der Waals surface area (Å²) in [6.45, 7) is 0. The lowest BCUT2D eigenvalue weighted by Crippen LogP contribution is -2.06. The van der Waals surface area contributed by atoms with Crippen LogP contribution in [0.15, 0.2) is 24.3 Å². The molecule has 94 valence electrons. The molecule has 2 aromatic rings. The maximum Gasteiger partial charge on any atom is 0.352 e. The number of carbonyl (C=O) groups is 1. The van der Waals surface area contributed by atoms with Crippen LogP contribution in [0.5, 0.6) is 0 Å². The van der Waals surface area contributed by atoms with Gasteiger partial charge in [-0.25, -0.2) is 18.0 Å². The lowest BCUT2D eigenvalue weighted by molar-refractivity contribution is 0.0686. The Kier molecular flexibility index (Phi) is 2.86. The first-order chi connectivity index (χ1) is 8.43. The van der Waals surface area contributed by atoms with Gasteiger partial charge in [-0.2, -0.15) is 0 Å². The summed E-state index contributed by atoms with van der Waals surface area (Å²) >= 11 is 0. The third-order valence-corrected chi connectivity index (χ3v) is 2.65. The van der Waals surface area contributed by atoms with Gasteiger partial charge in [-0.15, -0.1) is 0 Å². The lowest BCUT2D eigenvalue weighted by atomic mass is 10.1. The SMILES string of the molecule is Cn1c(C(=O)O)ccc1-c1ccc(F)c(F)c1F. The van der Waals surface area contributed by atoms with E-state index >= 15 is 0 Å². The number of hydrogen-bond acceptors (Lipinski definition) is 1. The number of halogens is 3. The summed E-state index contributed by atoms with van der Waals surface area (Å²) in [7, 11) is 1.40. The molecule has 1 aromatic carbocycles. The minimum Gasteiger partial charge on any atom is -0.477 e. The molecule has 1 aromatic heterocycles. The molecule has 0 amide bonds. The van der Waals surface area contributed by atoms with E-state index in [1.165, 1.54) is 23.7 Å². The summed E-state index contributed by atoms with van der Waals surface area (Å²) in [6, 6.07) is 4.45. The molecular weight excluding hydrogens is 247 g/mol. The Labute approximate surface area is 100 Å². The first-order valence-electron chi connectivity index (χ1n) is 4.96. The highest BCUT2D eigenvalue weighted by molar-refractivity contribution is 5.87. The predicted octanol–water partition coefficient (Wildman–Crippen LogP) is 2.81. The molecule has 0 saturated heterocycles. The molecule has 2 rings (SSSR count). The van der Waals surface area contributed by atoms with Crippen LogP contribution in [0.2, 0.25) is 0 Å². The van der Waals surface area contributed by atoms with E-state index in [0.29, 0.717) is 0 Å². The maximum absolute atomic E-state index is 13.6. The fraction of sp³-hybridized carbons (Fsp3) is 0.0833. The monoisotopic (exact) mass is 255 g/mol. The lowest BCUT2D eigenvalue weighted by Gasteiger charge is -2.07. The van der Waals surface area contributed by atoms with Crippen molar-refractivity contribution in [2.45, 2.75) is 0 Å². The second kappa shape index (κ2) is 4.21. The van der Waals surface area contributed by atoms with Gasteiger partial charge in [0.05, 0.1) is 5.69 Å². The van der Waals surface area contributed by atoms with Crippen molar-refractivity contribution >= 4 is 5.97 Å². The van der Waals surface area contributed by atoms with Crippen LogP contribution in [0.4, 0.5) is 13.2 Å². The molecule has 0 unspecified atom stereocenters. The molecule has 0 aliphatic heterocycles. The summed E-state index contributed by atoms with van der Waals surface area (Å²) in [5.41, 5.74) is -0.109. The van der Waals surface area contributed by atoms with E-state index in [2.05, 4.69) is 0 Å². The number of carboxylic acid groups (broad SMARTS) is 1. The molecule has 18 heavy (non-hydrogen) atoms. The highest BCUT2D eigenvalue weighted by Crippen LogP contribution is 2.27. The number of hydrogen-bond donors (Lipinski definition) is 1. The Hall–Kier alpha value is -2.24. The van der Waals surface area contributed by atoms with E-state index in [1.807, 2.05) is 0 Å². The van der Waals surface area contributed by atoms with E-state index in [1.54, 1.807) is 0 Å². The van der Waals surface area contributed by atoms with Crippen molar-refractivity contribution < 1.29 is 23.1 Å². The zero-order valence-electron chi connectivity index (χ0n) is 9.25. The maximum atomic E-state index is 13.6. The van der Waals surface area contributed by atoms with Crippen LogP contribution >= 0.6 is 0 Å². The summed E-state index contributed by atoms with van der Waals surface area (Å²) in [6.07, 6.45) is 0. The molecule has 0 aliphatic rings. The van der Waals surface area contributed by atoms with Gasteiger partial charge in [0, 0.05) is 12.6 Å². The first kappa shape index (κ1) is 12.2. The van der Waals surface area contributed by atoms with Crippen LogP contribution in [0.1, 0.15) is 10.5 Å². The van der Waals surface area contributed by atoms with Crippen molar-refractivity contribution in [2.75, 3.05) is 0 Å². The molecule has 0 saturated carbocycles. The van der Waals surface area contributed by atoms with Gasteiger partial charge in [0.25, 0.3) is 0 Å². The van der Waals surface area contributed by atoms with Gasteiger partial charge in [-0.05, 0) is 24.3 Å². The number of aromatic carboxylic acids is 1. The molecule has 6 heteroatoms. The van der Waals surface area contributed by atoms with E-state index < -0.39 is 23.4 Å². The molecule has 3 nitrogen and oxygen atoms in total. The standard InChI is InChI=1S/C12H8F3NO2/c1-16-8(4-5-9(16)12(17)18)6-2-3-7(13)11(15)10(6)14/h2-5H,1H3,(H,17,18). The van der Waals surface area contributed by atoms with Crippen molar-refractivity contribution in [3.05, 3.63) is 47.4 Å². The number of aromatic nitrogens is 1. The normalized spacial score (nSPS) is 10.7. The third kappa shape index (κ3) is 1.75. The Morgan fingerprint density at radius 2 is 1.78 bits per heavy atom. The Balaban J connectivity index is 2.63. The molecule has 0 bridgehead atoms. The van der Waals surface area contributed by atoms with E-state index in [-0.39, 0.29) is 17.0 Å². The largest absolute Gasteiger partial charge is 0.477 e. The second-order valence-corrected chi connectivity index (χ2v) is 3.69. The second-order valence-electron chi connectivity index (χ2n) is 3.69. The van der Waals surface area contributed by atoms with Crippen molar-refractivity contribution in [2.24, 2.45) is 7.05 Å². The van der Waals surface area contributed by atoms with Gasteiger partial charge < -0.3 is 9.67 Å². The quantitative estimate of drug-likeness (QED) is 0.838.